The molecule has 1 aliphatic carbocycles. The van der Waals surface area contributed by atoms with Gasteiger partial charge in [0.25, 0.3) is 5.56 Å². The van der Waals surface area contributed by atoms with Gasteiger partial charge in [0, 0.05) is 23.8 Å². The summed E-state index contributed by atoms with van der Waals surface area (Å²) in [6.45, 7) is 0. The third-order valence-electron chi connectivity index (χ3n) is 5.67. The van der Waals surface area contributed by atoms with Gasteiger partial charge in [-0.05, 0) is 43.2 Å². The Morgan fingerprint density at radius 1 is 1.00 bits per heavy atom. The minimum absolute atomic E-state index is 0.0723. The van der Waals surface area contributed by atoms with Crippen LogP contribution in [0.15, 0.2) is 71.0 Å². The molecule has 0 N–H and O–H groups in total. The first kappa shape index (κ1) is 19.1. The van der Waals surface area contributed by atoms with Gasteiger partial charge in [-0.3, -0.25) is 19.0 Å². The average Bonchev–Trinajstić information content (AvgIpc) is 3.28. The zero-order chi connectivity index (χ0) is 20.3. The molecule has 3 heterocycles. The zero-order valence-electron chi connectivity index (χ0n) is 16.6. The topological polar surface area (TPSA) is 65.6 Å². The molecule has 0 amide bonds. The van der Waals surface area contributed by atoms with Crippen LogP contribution in [0.25, 0.3) is 16.6 Å². The van der Waals surface area contributed by atoms with Gasteiger partial charge in [0.1, 0.15) is 0 Å². The van der Waals surface area contributed by atoms with Crippen molar-refractivity contribution in [3.8, 4) is 5.69 Å². The molecule has 6 nitrogen and oxygen atoms in total. The lowest BCUT2D eigenvalue weighted by Crippen LogP contribution is -2.22. The third kappa shape index (κ3) is 3.65. The number of hydrogen-bond donors (Lipinski definition) is 0. The van der Waals surface area contributed by atoms with Crippen LogP contribution in [0.5, 0.6) is 0 Å². The first-order valence-corrected chi connectivity index (χ1v) is 11.4. The van der Waals surface area contributed by atoms with E-state index in [-0.39, 0.29) is 5.56 Å². The lowest BCUT2D eigenvalue weighted by Gasteiger charge is -2.24. The highest BCUT2D eigenvalue weighted by Crippen LogP contribution is 2.31. The van der Waals surface area contributed by atoms with E-state index in [9.17, 15) is 4.79 Å². The Kier molecular flexibility index (Phi) is 5.36. The Labute approximate surface area is 179 Å². The molecule has 0 spiro atoms. The molecular weight excluding hydrogens is 394 g/mol. The SMILES string of the molecule is O=c1c2ccccc2nc(SCc2ccnn2C2CCCCC2)n1-c1cccnc1. The molecule has 1 saturated carbocycles. The number of benzene rings is 1. The molecule has 0 aliphatic heterocycles. The molecule has 1 aromatic carbocycles. The van der Waals surface area contributed by atoms with Crippen molar-refractivity contribution in [2.75, 3.05) is 0 Å². The molecule has 1 aliphatic rings. The lowest BCUT2D eigenvalue weighted by molar-refractivity contribution is 0.324. The minimum Gasteiger partial charge on any atom is -0.268 e. The summed E-state index contributed by atoms with van der Waals surface area (Å²) >= 11 is 1.57. The highest BCUT2D eigenvalue weighted by molar-refractivity contribution is 7.98. The van der Waals surface area contributed by atoms with Crippen LogP contribution in [-0.2, 0) is 5.75 Å². The first-order valence-electron chi connectivity index (χ1n) is 10.4. The number of nitrogens with zero attached hydrogens (tertiary/aromatic N) is 5. The Balaban J connectivity index is 1.52. The normalized spacial score (nSPS) is 14.9. The maximum Gasteiger partial charge on any atom is 0.266 e. The van der Waals surface area contributed by atoms with Gasteiger partial charge < -0.3 is 0 Å². The molecule has 5 rings (SSSR count). The Hall–Kier alpha value is -2.93. The largest absolute Gasteiger partial charge is 0.268 e. The molecule has 0 unspecified atom stereocenters. The third-order valence-corrected chi connectivity index (χ3v) is 6.64. The van der Waals surface area contributed by atoms with E-state index < -0.39 is 0 Å². The quantitative estimate of drug-likeness (QED) is 0.345. The molecule has 7 heteroatoms. The van der Waals surface area contributed by atoms with Gasteiger partial charge in [-0.15, -0.1) is 0 Å². The number of para-hydroxylation sites is 1. The second-order valence-corrected chi connectivity index (χ2v) is 8.55. The average molecular weight is 418 g/mol. The minimum atomic E-state index is -0.0723. The number of pyridine rings is 1. The van der Waals surface area contributed by atoms with Crippen molar-refractivity contribution in [3.05, 3.63) is 77.1 Å². The lowest BCUT2D eigenvalue weighted by atomic mass is 9.95. The van der Waals surface area contributed by atoms with Gasteiger partial charge in [-0.2, -0.15) is 5.10 Å². The van der Waals surface area contributed by atoms with E-state index in [4.69, 9.17) is 4.98 Å². The van der Waals surface area contributed by atoms with Crippen LogP contribution in [0.3, 0.4) is 0 Å². The van der Waals surface area contributed by atoms with Crippen LogP contribution in [0, 0.1) is 0 Å². The van der Waals surface area contributed by atoms with Crippen LogP contribution < -0.4 is 5.56 Å². The summed E-state index contributed by atoms with van der Waals surface area (Å²) < 4.78 is 3.85. The molecule has 30 heavy (non-hydrogen) atoms. The van der Waals surface area contributed by atoms with Crippen LogP contribution in [0.2, 0.25) is 0 Å². The summed E-state index contributed by atoms with van der Waals surface area (Å²) in [4.78, 5) is 22.3. The standard InChI is InChI=1S/C23H23N5OS/c29-22-20-10-4-5-11-21(20)26-23(27(22)18-9-6-13-24-15-18)30-16-19-12-14-25-28(19)17-7-2-1-3-8-17/h4-6,9-15,17H,1-3,7-8,16H2. The van der Waals surface area contributed by atoms with Crippen molar-refractivity contribution in [3.63, 3.8) is 0 Å². The van der Waals surface area contributed by atoms with Crippen LogP contribution in [0.1, 0.15) is 43.8 Å². The number of aromatic nitrogens is 5. The summed E-state index contributed by atoms with van der Waals surface area (Å²) in [6.07, 6.45) is 11.5. The van der Waals surface area contributed by atoms with E-state index in [2.05, 4.69) is 20.8 Å². The zero-order valence-corrected chi connectivity index (χ0v) is 17.5. The van der Waals surface area contributed by atoms with E-state index in [1.807, 2.05) is 42.6 Å². The smallest absolute Gasteiger partial charge is 0.266 e. The van der Waals surface area contributed by atoms with Crippen LogP contribution in [-0.4, -0.2) is 24.3 Å². The number of hydrogen-bond acceptors (Lipinski definition) is 5. The molecule has 4 aromatic rings. The van der Waals surface area contributed by atoms with E-state index in [0.29, 0.717) is 27.9 Å². The molecule has 0 saturated heterocycles. The Morgan fingerprint density at radius 2 is 1.87 bits per heavy atom. The molecule has 0 radical (unpaired) electrons. The van der Waals surface area contributed by atoms with Crippen molar-refractivity contribution in [1.29, 1.82) is 0 Å². The summed E-state index contributed by atoms with van der Waals surface area (Å²) in [7, 11) is 0. The summed E-state index contributed by atoms with van der Waals surface area (Å²) in [5, 5.41) is 5.88. The highest BCUT2D eigenvalue weighted by atomic mass is 32.2. The molecule has 1 fully saturated rings. The highest BCUT2D eigenvalue weighted by Gasteiger charge is 2.19. The van der Waals surface area contributed by atoms with E-state index in [1.165, 1.54) is 37.8 Å². The van der Waals surface area contributed by atoms with Crippen molar-refractivity contribution in [2.45, 2.75) is 49.1 Å². The van der Waals surface area contributed by atoms with Gasteiger partial charge in [0.15, 0.2) is 5.16 Å². The van der Waals surface area contributed by atoms with E-state index in [0.717, 1.165) is 5.69 Å². The summed E-state index contributed by atoms with van der Waals surface area (Å²) in [6, 6.07) is 13.8. The maximum absolute atomic E-state index is 13.3. The van der Waals surface area contributed by atoms with E-state index in [1.54, 1.807) is 28.7 Å². The predicted molar refractivity (Wildman–Crippen MR) is 119 cm³/mol. The molecule has 0 bridgehead atoms. The predicted octanol–water partition coefficient (Wildman–Crippen LogP) is 4.77. The van der Waals surface area contributed by atoms with Gasteiger partial charge in [0.05, 0.1) is 28.8 Å². The fourth-order valence-corrected chi connectivity index (χ4v) is 5.16. The van der Waals surface area contributed by atoms with Crippen LogP contribution in [0.4, 0.5) is 0 Å². The second kappa shape index (κ2) is 8.44. The van der Waals surface area contributed by atoms with Crippen molar-refractivity contribution in [2.24, 2.45) is 0 Å². The molecular formula is C23H23N5OS. The summed E-state index contributed by atoms with van der Waals surface area (Å²) in [5.41, 5.74) is 2.54. The van der Waals surface area contributed by atoms with Crippen LogP contribution >= 0.6 is 11.8 Å². The fraction of sp³-hybridized carbons (Fsp3) is 0.304. The van der Waals surface area contributed by atoms with Gasteiger partial charge in [-0.25, -0.2) is 4.98 Å². The van der Waals surface area contributed by atoms with Crippen molar-refractivity contribution < 1.29 is 0 Å². The number of rotatable bonds is 5. The number of thioether (sulfide) groups is 1. The van der Waals surface area contributed by atoms with Crippen molar-refractivity contribution in [1.82, 2.24) is 24.3 Å². The summed E-state index contributed by atoms with van der Waals surface area (Å²) in [5.74, 6) is 0.710. The number of fused-ring (bicyclic) bond motifs is 1. The fourth-order valence-electron chi connectivity index (χ4n) is 4.17. The second-order valence-electron chi connectivity index (χ2n) is 7.61. The molecule has 152 valence electrons. The van der Waals surface area contributed by atoms with E-state index >= 15 is 0 Å². The van der Waals surface area contributed by atoms with Gasteiger partial charge in [0.2, 0.25) is 0 Å². The molecule has 0 atom stereocenters. The Morgan fingerprint density at radius 3 is 2.70 bits per heavy atom. The maximum atomic E-state index is 13.3. The van der Waals surface area contributed by atoms with Gasteiger partial charge >= 0.3 is 0 Å². The Bertz CT molecular complexity index is 1210. The first-order chi connectivity index (χ1) is 14.8. The van der Waals surface area contributed by atoms with Crippen molar-refractivity contribution >= 4 is 22.7 Å². The molecule has 3 aromatic heterocycles. The monoisotopic (exact) mass is 417 g/mol. The van der Waals surface area contributed by atoms with Gasteiger partial charge in [-0.1, -0.05) is 43.2 Å².